The van der Waals surface area contributed by atoms with E-state index in [9.17, 15) is 0 Å². The molecule has 1 rings (SSSR count). The number of hydrogen-bond acceptors (Lipinski definition) is 2. The minimum Gasteiger partial charge on any atom is -0.372 e. The van der Waals surface area contributed by atoms with Gasteiger partial charge in [0.05, 0.1) is 6.10 Å². The van der Waals surface area contributed by atoms with Crippen molar-refractivity contribution in [2.75, 3.05) is 19.7 Å². The second-order valence-corrected chi connectivity index (χ2v) is 3.74. The molecule has 0 saturated heterocycles. The molecule has 0 bridgehead atoms. The van der Waals surface area contributed by atoms with Crippen LogP contribution in [0.4, 0.5) is 0 Å². The Morgan fingerprint density at radius 1 is 1.27 bits per heavy atom. The highest BCUT2D eigenvalue weighted by molar-refractivity contribution is 6.30. The Balaban J connectivity index is 2.65. The van der Waals surface area contributed by atoms with Gasteiger partial charge in [0, 0.05) is 18.2 Å². The summed E-state index contributed by atoms with van der Waals surface area (Å²) in [5.74, 6) is 0. The quantitative estimate of drug-likeness (QED) is 0.807. The molecule has 1 unspecified atom stereocenters. The number of hydrogen-bond donors (Lipinski definition) is 1. The first-order valence-corrected chi connectivity index (χ1v) is 5.73. The first kappa shape index (κ1) is 12.5. The molecule has 0 spiro atoms. The monoisotopic (exact) mass is 227 g/mol. The van der Waals surface area contributed by atoms with Crippen LogP contribution < -0.4 is 5.32 Å². The predicted molar refractivity (Wildman–Crippen MR) is 64.4 cm³/mol. The van der Waals surface area contributed by atoms with E-state index >= 15 is 0 Å². The summed E-state index contributed by atoms with van der Waals surface area (Å²) < 4.78 is 5.66. The lowest BCUT2D eigenvalue weighted by Gasteiger charge is -2.17. The van der Waals surface area contributed by atoms with Gasteiger partial charge < -0.3 is 10.1 Å². The van der Waals surface area contributed by atoms with E-state index in [2.05, 4.69) is 12.2 Å². The second-order valence-electron chi connectivity index (χ2n) is 3.30. The molecule has 0 aliphatic rings. The van der Waals surface area contributed by atoms with Crippen LogP contribution in [0.3, 0.4) is 0 Å². The number of benzene rings is 1. The van der Waals surface area contributed by atoms with Gasteiger partial charge in [0.25, 0.3) is 0 Å². The molecule has 0 fully saturated rings. The van der Waals surface area contributed by atoms with E-state index in [1.807, 2.05) is 31.2 Å². The zero-order valence-electron chi connectivity index (χ0n) is 9.29. The average molecular weight is 228 g/mol. The lowest BCUT2D eigenvalue weighted by molar-refractivity contribution is 0.0627. The van der Waals surface area contributed by atoms with Gasteiger partial charge in [-0.25, -0.2) is 0 Å². The number of likely N-dealkylation sites (N-methyl/N-ethyl adjacent to an activating group) is 1. The van der Waals surface area contributed by atoms with Crippen molar-refractivity contribution >= 4 is 11.6 Å². The van der Waals surface area contributed by atoms with Gasteiger partial charge in [0.1, 0.15) is 0 Å². The highest BCUT2D eigenvalue weighted by Gasteiger charge is 2.09. The highest BCUT2D eigenvalue weighted by atomic mass is 35.5. The van der Waals surface area contributed by atoms with Crippen LogP contribution in [0.2, 0.25) is 5.02 Å². The summed E-state index contributed by atoms with van der Waals surface area (Å²) in [4.78, 5) is 0. The lowest BCUT2D eigenvalue weighted by atomic mass is 10.1. The Morgan fingerprint density at radius 2 is 1.93 bits per heavy atom. The van der Waals surface area contributed by atoms with Gasteiger partial charge in [-0.05, 0) is 31.2 Å². The van der Waals surface area contributed by atoms with Crippen LogP contribution in [-0.2, 0) is 4.74 Å². The maximum absolute atomic E-state index is 5.84. The van der Waals surface area contributed by atoms with Crippen molar-refractivity contribution in [3.8, 4) is 0 Å². The Morgan fingerprint density at radius 3 is 2.47 bits per heavy atom. The fraction of sp³-hybridized carbons (Fsp3) is 0.500. The molecule has 1 atom stereocenters. The third-order valence-electron chi connectivity index (χ3n) is 2.19. The van der Waals surface area contributed by atoms with Gasteiger partial charge in [-0.3, -0.25) is 0 Å². The largest absolute Gasteiger partial charge is 0.372 e. The number of halogens is 1. The smallest absolute Gasteiger partial charge is 0.0949 e. The summed E-state index contributed by atoms with van der Waals surface area (Å²) in [6, 6.07) is 7.82. The third-order valence-corrected chi connectivity index (χ3v) is 2.44. The van der Waals surface area contributed by atoms with Crippen molar-refractivity contribution < 1.29 is 4.74 Å². The second kappa shape index (κ2) is 6.83. The fourth-order valence-electron chi connectivity index (χ4n) is 1.43. The van der Waals surface area contributed by atoms with Crippen LogP contribution in [0.25, 0.3) is 0 Å². The van der Waals surface area contributed by atoms with Crippen LogP contribution in [0.15, 0.2) is 24.3 Å². The Kier molecular flexibility index (Phi) is 5.69. The number of rotatable bonds is 6. The van der Waals surface area contributed by atoms with Gasteiger partial charge in [0.2, 0.25) is 0 Å². The molecule has 84 valence electrons. The maximum Gasteiger partial charge on any atom is 0.0949 e. The first-order valence-electron chi connectivity index (χ1n) is 5.35. The first-order chi connectivity index (χ1) is 7.27. The van der Waals surface area contributed by atoms with Crippen molar-refractivity contribution in [2.45, 2.75) is 20.0 Å². The molecule has 0 amide bonds. The van der Waals surface area contributed by atoms with Crippen LogP contribution in [-0.4, -0.2) is 19.7 Å². The van der Waals surface area contributed by atoms with E-state index in [-0.39, 0.29) is 6.10 Å². The number of nitrogens with one attached hydrogen (secondary N) is 1. The van der Waals surface area contributed by atoms with E-state index in [0.29, 0.717) is 0 Å². The molecular formula is C12H18ClNO. The van der Waals surface area contributed by atoms with Crippen LogP contribution in [0.1, 0.15) is 25.5 Å². The minimum absolute atomic E-state index is 0.118. The summed E-state index contributed by atoms with van der Waals surface area (Å²) in [5.41, 5.74) is 1.17. The fourth-order valence-corrected chi connectivity index (χ4v) is 1.55. The SMILES string of the molecule is CCNCC(OCC)c1ccc(Cl)cc1. The van der Waals surface area contributed by atoms with E-state index in [0.717, 1.165) is 24.7 Å². The normalized spacial score (nSPS) is 12.7. The molecule has 0 saturated carbocycles. The molecule has 1 aromatic carbocycles. The highest BCUT2D eigenvalue weighted by Crippen LogP contribution is 2.19. The molecule has 0 heterocycles. The summed E-state index contributed by atoms with van der Waals surface area (Å²) in [7, 11) is 0. The van der Waals surface area contributed by atoms with Crippen molar-refractivity contribution in [3.63, 3.8) is 0 Å². The molecule has 0 aliphatic heterocycles. The lowest BCUT2D eigenvalue weighted by Crippen LogP contribution is -2.23. The number of ether oxygens (including phenoxy) is 1. The van der Waals surface area contributed by atoms with E-state index in [1.54, 1.807) is 0 Å². The molecule has 3 heteroatoms. The van der Waals surface area contributed by atoms with Gasteiger partial charge in [-0.15, -0.1) is 0 Å². The molecule has 15 heavy (non-hydrogen) atoms. The molecule has 1 aromatic rings. The predicted octanol–water partition coefficient (Wildman–Crippen LogP) is 3.03. The van der Waals surface area contributed by atoms with Crippen molar-refractivity contribution in [3.05, 3.63) is 34.9 Å². The van der Waals surface area contributed by atoms with Gasteiger partial charge in [-0.2, -0.15) is 0 Å². The Labute approximate surface area is 96.6 Å². The van der Waals surface area contributed by atoms with Crippen molar-refractivity contribution in [1.29, 1.82) is 0 Å². The van der Waals surface area contributed by atoms with Crippen molar-refractivity contribution in [1.82, 2.24) is 5.32 Å². The third kappa shape index (κ3) is 4.20. The maximum atomic E-state index is 5.84. The molecule has 0 radical (unpaired) electrons. The Hall–Kier alpha value is -0.570. The topological polar surface area (TPSA) is 21.3 Å². The average Bonchev–Trinajstić information content (AvgIpc) is 2.25. The summed E-state index contributed by atoms with van der Waals surface area (Å²) >= 11 is 5.84. The van der Waals surface area contributed by atoms with Crippen molar-refractivity contribution in [2.24, 2.45) is 0 Å². The summed E-state index contributed by atoms with van der Waals surface area (Å²) in [6.45, 7) is 6.61. The van der Waals surface area contributed by atoms with Crippen LogP contribution in [0.5, 0.6) is 0 Å². The molecular weight excluding hydrogens is 210 g/mol. The zero-order valence-corrected chi connectivity index (χ0v) is 10.1. The molecule has 2 nitrogen and oxygen atoms in total. The molecule has 0 aliphatic carbocycles. The Bertz CT molecular complexity index is 273. The van der Waals surface area contributed by atoms with Crippen LogP contribution in [0, 0.1) is 0 Å². The minimum atomic E-state index is 0.118. The standard InChI is InChI=1S/C12H18ClNO/c1-3-14-9-12(15-4-2)10-5-7-11(13)8-6-10/h5-8,12,14H,3-4,9H2,1-2H3. The van der Waals surface area contributed by atoms with Crippen LogP contribution >= 0.6 is 11.6 Å². The molecule has 1 N–H and O–H groups in total. The van der Waals surface area contributed by atoms with Gasteiger partial charge in [0.15, 0.2) is 0 Å². The summed E-state index contributed by atoms with van der Waals surface area (Å²) in [5, 5.41) is 4.05. The van der Waals surface area contributed by atoms with E-state index < -0.39 is 0 Å². The molecule has 0 aromatic heterocycles. The summed E-state index contributed by atoms with van der Waals surface area (Å²) in [6.07, 6.45) is 0.118. The van der Waals surface area contributed by atoms with Gasteiger partial charge in [-0.1, -0.05) is 30.7 Å². The zero-order chi connectivity index (χ0) is 11.1. The van der Waals surface area contributed by atoms with E-state index in [4.69, 9.17) is 16.3 Å². The van der Waals surface area contributed by atoms with E-state index in [1.165, 1.54) is 5.56 Å². The van der Waals surface area contributed by atoms with Gasteiger partial charge >= 0.3 is 0 Å².